The van der Waals surface area contributed by atoms with Gasteiger partial charge < -0.3 is 5.32 Å². The number of H-pyrrole nitrogens is 1. The average molecular weight is 267 g/mol. The molecule has 0 amide bonds. The van der Waals surface area contributed by atoms with E-state index >= 15 is 0 Å². The minimum Gasteiger partial charge on any atom is -0.355 e. The zero-order valence-corrected chi connectivity index (χ0v) is 11.4. The van der Waals surface area contributed by atoms with Gasteiger partial charge in [-0.3, -0.25) is 4.79 Å². The van der Waals surface area contributed by atoms with E-state index in [-0.39, 0.29) is 5.56 Å². The maximum atomic E-state index is 11.9. The second-order valence-electron chi connectivity index (χ2n) is 5.23. The van der Waals surface area contributed by atoms with Crippen LogP contribution >= 0.6 is 0 Å². The Bertz CT molecular complexity index is 714. The second-order valence-corrected chi connectivity index (χ2v) is 5.23. The summed E-state index contributed by atoms with van der Waals surface area (Å²) in [5.74, 6) is 0.497. The fourth-order valence-electron chi connectivity index (χ4n) is 2.18. The number of aromatic nitrogens is 2. The molecule has 20 heavy (non-hydrogen) atoms. The maximum absolute atomic E-state index is 11.9. The van der Waals surface area contributed by atoms with Crippen molar-refractivity contribution in [1.82, 2.24) is 10.2 Å². The standard InChI is InChI=1S/C16H17N3O/c1-10-5-3-4-6-14(10)17-11(2)13-9-15(12-7-8-12)18-19-16(13)20/h3-6,9,12,17H,2,7-8H2,1H3,(H,19,20). The Kier molecular flexibility index (Phi) is 3.14. The summed E-state index contributed by atoms with van der Waals surface area (Å²) in [7, 11) is 0. The van der Waals surface area contributed by atoms with Gasteiger partial charge in [0.05, 0.1) is 11.3 Å². The van der Waals surface area contributed by atoms with Crippen LogP contribution < -0.4 is 10.9 Å². The normalized spacial score (nSPS) is 14.1. The van der Waals surface area contributed by atoms with Gasteiger partial charge in [-0.05, 0) is 37.5 Å². The van der Waals surface area contributed by atoms with E-state index in [1.807, 2.05) is 37.3 Å². The molecule has 0 atom stereocenters. The third-order valence-electron chi connectivity index (χ3n) is 3.57. The molecule has 2 N–H and O–H groups in total. The molecule has 1 fully saturated rings. The van der Waals surface area contributed by atoms with E-state index in [0.717, 1.165) is 29.8 Å². The third-order valence-corrected chi connectivity index (χ3v) is 3.57. The van der Waals surface area contributed by atoms with E-state index in [1.165, 1.54) is 0 Å². The number of aryl methyl sites for hydroxylation is 1. The van der Waals surface area contributed by atoms with Gasteiger partial charge in [-0.15, -0.1) is 0 Å². The summed E-state index contributed by atoms with van der Waals surface area (Å²) in [6, 6.07) is 9.77. The predicted octanol–water partition coefficient (Wildman–Crippen LogP) is 3.04. The van der Waals surface area contributed by atoms with Crippen molar-refractivity contribution >= 4 is 11.4 Å². The van der Waals surface area contributed by atoms with E-state index in [9.17, 15) is 4.79 Å². The smallest absolute Gasteiger partial charge is 0.273 e. The van der Waals surface area contributed by atoms with Crippen LogP contribution in [0.5, 0.6) is 0 Å². The molecule has 1 saturated carbocycles. The van der Waals surface area contributed by atoms with Crippen LogP contribution in [0.15, 0.2) is 41.7 Å². The van der Waals surface area contributed by atoms with Crippen LogP contribution in [0.25, 0.3) is 5.70 Å². The van der Waals surface area contributed by atoms with Crippen LogP contribution in [0.1, 0.15) is 35.6 Å². The molecule has 4 nitrogen and oxygen atoms in total. The summed E-state index contributed by atoms with van der Waals surface area (Å²) in [6.07, 6.45) is 2.30. The molecule has 1 aliphatic rings. The molecule has 4 heteroatoms. The number of para-hydroxylation sites is 1. The number of nitrogens with one attached hydrogen (secondary N) is 2. The quantitative estimate of drug-likeness (QED) is 0.895. The molecule has 2 aromatic rings. The van der Waals surface area contributed by atoms with Crippen LogP contribution in [0.3, 0.4) is 0 Å². The van der Waals surface area contributed by atoms with Crippen LogP contribution in [-0.2, 0) is 0 Å². The van der Waals surface area contributed by atoms with E-state index in [0.29, 0.717) is 17.2 Å². The summed E-state index contributed by atoms with van der Waals surface area (Å²) in [4.78, 5) is 11.9. The first-order valence-electron chi connectivity index (χ1n) is 6.76. The fraction of sp³-hybridized carbons (Fsp3) is 0.250. The van der Waals surface area contributed by atoms with Gasteiger partial charge in [0.15, 0.2) is 0 Å². The maximum Gasteiger partial charge on any atom is 0.273 e. The lowest BCUT2D eigenvalue weighted by molar-refractivity contribution is 0.883. The molecule has 0 bridgehead atoms. The molecule has 1 heterocycles. The molecule has 1 aromatic heterocycles. The van der Waals surface area contributed by atoms with Crippen LogP contribution in [-0.4, -0.2) is 10.2 Å². The highest BCUT2D eigenvalue weighted by atomic mass is 16.1. The molecule has 0 aliphatic heterocycles. The van der Waals surface area contributed by atoms with E-state index < -0.39 is 0 Å². The van der Waals surface area contributed by atoms with Crippen molar-refractivity contribution in [3.8, 4) is 0 Å². The van der Waals surface area contributed by atoms with E-state index in [2.05, 4.69) is 22.1 Å². The minimum atomic E-state index is -0.208. The van der Waals surface area contributed by atoms with Crippen molar-refractivity contribution in [2.24, 2.45) is 0 Å². The number of aromatic amines is 1. The largest absolute Gasteiger partial charge is 0.355 e. The predicted molar refractivity (Wildman–Crippen MR) is 80.7 cm³/mol. The summed E-state index contributed by atoms with van der Waals surface area (Å²) < 4.78 is 0. The number of hydrogen-bond acceptors (Lipinski definition) is 3. The van der Waals surface area contributed by atoms with Gasteiger partial charge >= 0.3 is 0 Å². The summed E-state index contributed by atoms with van der Waals surface area (Å²) in [5.41, 5.74) is 3.98. The number of hydrogen-bond donors (Lipinski definition) is 2. The monoisotopic (exact) mass is 267 g/mol. The van der Waals surface area contributed by atoms with Gasteiger partial charge in [-0.2, -0.15) is 5.10 Å². The van der Waals surface area contributed by atoms with Crippen molar-refractivity contribution in [1.29, 1.82) is 0 Å². The highest BCUT2D eigenvalue weighted by Gasteiger charge is 2.26. The SMILES string of the molecule is C=C(Nc1ccccc1C)c1cc(C2CC2)n[nH]c1=O. The zero-order chi connectivity index (χ0) is 14.1. The second kappa shape index (κ2) is 4.96. The van der Waals surface area contributed by atoms with Gasteiger partial charge in [-0.1, -0.05) is 24.8 Å². The Balaban J connectivity index is 1.89. The number of rotatable bonds is 4. The van der Waals surface area contributed by atoms with Crippen molar-refractivity contribution in [2.45, 2.75) is 25.7 Å². The fourth-order valence-corrected chi connectivity index (χ4v) is 2.18. The number of anilines is 1. The lowest BCUT2D eigenvalue weighted by Crippen LogP contribution is -2.17. The summed E-state index contributed by atoms with van der Waals surface area (Å²) in [5, 5.41) is 9.88. The first-order chi connectivity index (χ1) is 9.65. The molecular formula is C16H17N3O. The molecule has 3 rings (SSSR count). The zero-order valence-electron chi connectivity index (χ0n) is 11.4. The van der Waals surface area contributed by atoms with E-state index in [1.54, 1.807) is 0 Å². The molecule has 1 aromatic carbocycles. The topological polar surface area (TPSA) is 57.8 Å². The molecule has 1 aliphatic carbocycles. The van der Waals surface area contributed by atoms with Crippen LogP contribution in [0.4, 0.5) is 5.69 Å². The Hall–Kier alpha value is -2.36. The van der Waals surface area contributed by atoms with Crippen molar-refractivity contribution in [3.63, 3.8) is 0 Å². The summed E-state index contributed by atoms with van der Waals surface area (Å²) >= 11 is 0. The first-order valence-corrected chi connectivity index (χ1v) is 6.76. The van der Waals surface area contributed by atoms with Crippen molar-refractivity contribution < 1.29 is 0 Å². The molecule has 0 radical (unpaired) electrons. The van der Waals surface area contributed by atoms with Gasteiger partial charge in [0.2, 0.25) is 0 Å². The minimum absolute atomic E-state index is 0.208. The van der Waals surface area contributed by atoms with Gasteiger partial charge in [-0.25, -0.2) is 5.10 Å². The highest BCUT2D eigenvalue weighted by Crippen LogP contribution is 2.38. The van der Waals surface area contributed by atoms with Crippen LogP contribution in [0.2, 0.25) is 0 Å². The Labute approximate surface area is 117 Å². The van der Waals surface area contributed by atoms with Crippen molar-refractivity contribution in [2.75, 3.05) is 5.32 Å². The summed E-state index contributed by atoms with van der Waals surface area (Å²) in [6.45, 7) is 6.00. The molecule has 102 valence electrons. The van der Waals surface area contributed by atoms with E-state index in [4.69, 9.17) is 0 Å². The lowest BCUT2D eigenvalue weighted by atomic mass is 10.1. The molecule has 0 saturated heterocycles. The van der Waals surface area contributed by atoms with Crippen LogP contribution in [0, 0.1) is 6.92 Å². The molecule has 0 spiro atoms. The number of benzene rings is 1. The molecule has 0 unspecified atom stereocenters. The molecular weight excluding hydrogens is 250 g/mol. The Morgan fingerprint density at radius 2 is 2.15 bits per heavy atom. The van der Waals surface area contributed by atoms with Gasteiger partial charge in [0.1, 0.15) is 0 Å². The average Bonchev–Trinajstić information content (AvgIpc) is 3.26. The Morgan fingerprint density at radius 1 is 1.40 bits per heavy atom. The number of nitrogens with zero attached hydrogens (tertiary/aromatic N) is 1. The van der Waals surface area contributed by atoms with Crippen molar-refractivity contribution in [3.05, 3.63) is 64.1 Å². The van der Waals surface area contributed by atoms with Gasteiger partial charge in [0.25, 0.3) is 5.56 Å². The van der Waals surface area contributed by atoms with Gasteiger partial charge in [0, 0.05) is 17.3 Å². The Morgan fingerprint density at radius 3 is 2.85 bits per heavy atom. The third kappa shape index (κ3) is 2.50. The first kappa shape index (κ1) is 12.7. The lowest BCUT2D eigenvalue weighted by Gasteiger charge is -2.12. The highest BCUT2D eigenvalue weighted by molar-refractivity contribution is 5.76.